The lowest BCUT2D eigenvalue weighted by atomic mass is 10.1. The zero-order valence-corrected chi connectivity index (χ0v) is 15.4. The SMILES string of the molecule is CS(=O)(=O)N(CC(=O)NC1CCCCCC1)c1ccc(C(F)(F)F)cc1. The summed E-state index contributed by atoms with van der Waals surface area (Å²) in [6, 6.07) is 3.73. The van der Waals surface area contributed by atoms with Crippen LogP contribution in [0.15, 0.2) is 24.3 Å². The minimum Gasteiger partial charge on any atom is -0.352 e. The van der Waals surface area contributed by atoms with E-state index >= 15 is 0 Å². The molecule has 1 N–H and O–H groups in total. The molecule has 0 bridgehead atoms. The molecule has 1 aromatic rings. The van der Waals surface area contributed by atoms with Crippen molar-refractivity contribution in [2.75, 3.05) is 17.1 Å². The van der Waals surface area contributed by atoms with Gasteiger partial charge in [0.05, 0.1) is 17.5 Å². The molecule has 146 valence electrons. The van der Waals surface area contributed by atoms with Crippen molar-refractivity contribution in [2.45, 2.75) is 50.7 Å². The van der Waals surface area contributed by atoms with Gasteiger partial charge in [0.1, 0.15) is 6.54 Å². The Hall–Kier alpha value is -1.77. The van der Waals surface area contributed by atoms with Crippen LogP contribution in [-0.2, 0) is 21.0 Å². The molecule has 0 aromatic heterocycles. The van der Waals surface area contributed by atoms with E-state index in [0.29, 0.717) is 0 Å². The number of sulfonamides is 1. The van der Waals surface area contributed by atoms with Crippen LogP contribution in [0.4, 0.5) is 18.9 Å². The largest absolute Gasteiger partial charge is 0.416 e. The van der Waals surface area contributed by atoms with Gasteiger partial charge in [-0.3, -0.25) is 9.10 Å². The van der Waals surface area contributed by atoms with Crippen LogP contribution in [0.25, 0.3) is 0 Å². The minimum atomic E-state index is -4.51. The maximum Gasteiger partial charge on any atom is 0.416 e. The average Bonchev–Trinajstić information content (AvgIpc) is 2.79. The molecule has 9 heteroatoms. The van der Waals surface area contributed by atoms with E-state index in [4.69, 9.17) is 0 Å². The van der Waals surface area contributed by atoms with Crippen molar-refractivity contribution >= 4 is 21.6 Å². The Labute approximate surface area is 151 Å². The number of hydrogen-bond acceptors (Lipinski definition) is 3. The van der Waals surface area contributed by atoms with Gasteiger partial charge in [0.25, 0.3) is 0 Å². The van der Waals surface area contributed by atoms with Gasteiger partial charge in [-0.2, -0.15) is 13.2 Å². The zero-order valence-electron chi connectivity index (χ0n) is 14.6. The lowest BCUT2D eigenvalue weighted by molar-refractivity contribution is -0.137. The molecule has 2 rings (SSSR count). The summed E-state index contributed by atoms with van der Waals surface area (Å²) in [7, 11) is -3.82. The number of benzene rings is 1. The number of nitrogens with one attached hydrogen (secondary N) is 1. The topological polar surface area (TPSA) is 66.5 Å². The Bertz CT molecular complexity index is 710. The highest BCUT2D eigenvalue weighted by molar-refractivity contribution is 7.92. The van der Waals surface area contributed by atoms with Crippen LogP contribution in [0.1, 0.15) is 44.1 Å². The molecular formula is C17H23F3N2O3S. The first kappa shape index (κ1) is 20.5. The minimum absolute atomic E-state index is 0.0130. The number of carbonyl (C=O) groups is 1. The number of anilines is 1. The lowest BCUT2D eigenvalue weighted by Crippen LogP contribution is -2.44. The summed E-state index contributed by atoms with van der Waals surface area (Å²) >= 11 is 0. The van der Waals surface area contributed by atoms with Gasteiger partial charge in [-0.15, -0.1) is 0 Å². The van der Waals surface area contributed by atoms with Gasteiger partial charge < -0.3 is 5.32 Å². The predicted molar refractivity (Wildman–Crippen MR) is 93.3 cm³/mol. The Kier molecular flexibility index (Phi) is 6.54. The lowest BCUT2D eigenvalue weighted by Gasteiger charge is -2.24. The van der Waals surface area contributed by atoms with Crippen LogP contribution in [0.2, 0.25) is 0 Å². The number of hydrogen-bond donors (Lipinski definition) is 1. The van der Waals surface area contributed by atoms with Crippen LogP contribution >= 0.6 is 0 Å². The van der Waals surface area contributed by atoms with Crippen molar-refractivity contribution in [1.82, 2.24) is 5.32 Å². The van der Waals surface area contributed by atoms with Crippen molar-refractivity contribution in [3.8, 4) is 0 Å². The van der Waals surface area contributed by atoms with Gasteiger partial charge in [0.2, 0.25) is 15.9 Å². The molecule has 26 heavy (non-hydrogen) atoms. The third kappa shape index (κ3) is 5.89. The highest BCUT2D eigenvalue weighted by Crippen LogP contribution is 2.31. The smallest absolute Gasteiger partial charge is 0.352 e. The molecule has 1 aliphatic carbocycles. The number of amides is 1. The van der Waals surface area contributed by atoms with Crippen LogP contribution in [-0.4, -0.2) is 33.2 Å². The second kappa shape index (κ2) is 8.28. The molecule has 1 saturated carbocycles. The first-order valence-corrected chi connectivity index (χ1v) is 10.4. The summed E-state index contributed by atoms with van der Waals surface area (Å²) < 4.78 is 62.8. The van der Waals surface area contributed by atoms with Crippen molar-refractivity contribution in [3.63, 3.8) is 0 Å². The molecule has 0 aliphatic heterocycles. The van der Waals surface area contributed by atoms with Crippen molar-refractivity contribution < 1.29 is 26.4 Å². The Balaban J connectivity index is 2.11. The van der Waals surface area contributed by atoms with Gasteiger partial charge in [-0.1, -0.05) is 25.7 Å². The second-order valence-electron chi connectivity index (χ2n) is 6.57. The van der Waals surface area contributed by atoms with Gasteiger partial charge >= 0.3 is 6.18 Å². The van der Waals surface area contributed by atoms with E-state index in [2.05, 4.69) is 5.32 Å². The quantitative estimate of drug-likeness (QED) is 0.782. The fraction of sp³-hybridized carbons (Fsp3) is 0.588. The summed E-state index contributed by atoms with van der Waals surface area (Å²) in [5.74, 6) is -0.456. The Morgan fingerprint density at radius 3 is 2.12 bits per heavy atom. The maximum absolute atomic E-state index is 12.7. The highest BCUT2D eigenvalue weighted by Gasteiger charge is 2.31. The van der Waals surface area contributed by atoms with Gasteiger partial charge in [0, 0.05) is 6.04 Å². The first-order chi connectivity index (χ1) is 12.1. The van der Waals surface area contributed by atoms with E-state index in [1.807, 2.05) is 0 Å². The summed E-state index contributed by atoms with van der Waals surface area (Å²) in [6.07, 6.45) is 2.38. The number of alkyl halides is 3. The van der Waals surface area contributed by atoms with E-state index < -0.39 is 34.2 Å². The molecule has 1 fully saturated rings. The molecular weight excluding hydrogens is 369 g/mol. The summed E-state index contributed by atoms with van der Waals surface area (Å²) in [5, 5.41) is 2.84. The van der Waals surface area contributed by atoms with Crippen molar-refractivity contribution in [3.05, 3.63) is 29.8 Å². The predicted octanol–water partition coefficient (Wildman–Crippen LogP) is 3.31. The summed E-state index contributed by atoms with van der Waals surface area (Å²) in [5.41, 5.74) is -0.853. The molecule has 1 amide bonds. The summed E-state index contributed by atoms with van der Waals surface area (Å²) in [6.45, 7) is -0.458. The normalized spacial score (nSPS) is 16.8. The van der Waals surface area contributed by atoms with Gasteiger partial charge in [-0.05, 0) is 37.1 Å². The van der Waals surface area contributed by atoms with Crippen LogP contribution in [0, 0.1) is 0 Å². The molecule has 0 radical (unpaired) electrons. The van der Waals surface area contributed by atoms with Crippen molar-refractivity contribution in [1.29, 1.82) is 0 Å². The van der Waals surface area contributed by atoms with Crippen LogP contribution in [0.3, 0.4) is 0 Å². The average molecular weight is 392 g/mol. The fourth-order valence-corrected chi connectivity index (χ4v) is 3.90. The van der Waals surface area contributed by atoms with E-state index in [0.717, 1.165) is 73.4 Å². The molecule has 1 aromatic carbocycles. The van der Waals surface area contributed by atoms with Crippen LogP contribution in [0.5, 0.6) is 0 Å². The van der Waals surface area contributed by atoms with Gasteiger partial charge in [-0.25, -0.2) is 8.42 Å². The standard InChI is InChI=1S/C17H23F3N2O3S/c1-26(24,25)22(15-10-8-13(9-11-15)17(18,19)20)12-16(23)21-14-6-4-2-3-5-7-14/h8-11,14H,2-7,12H2,1H3,(H,21,23). The molecule has 0 spiro atoms. The number of carbonyl (C=O) groups excluding carboxylic acids is 1. The first-order valence-electron chi connectivity index (χ1n) is 8.52. The molecule has 0 atom stereocenters. The van der Waals surface area contributed by atoms with Crippen LogP contribution < -0.4 is 9.62 Å². The van der Waals surface area contributed by atoms with Gasteiger partial charge in [0.15, 0.2) is 0 Å². The second-order valence-corrected chi connectivity index (χ2v) is 8.48. The summed E-state index contributed by atoms with van der Waals surface area (Å²) in [4.78, 5) is 12.3. The van der Waals surface area contributed by atoms with E-state index in [9.17, 15) is 26.4 Å². The fourth-order valence-electron chi connectivity index (χ4n) is 3.04. The number of nitrogens with zero attached hydrogens (tertiary/aromatic N) is 1. The van der Waals surface area contributed by atoms with Crippen molar-refractivity contribution in [2.24, 2.45) is 0 Å². The molecule has 0 unspecified atom stereocenters. The third-order valence-electron chi connectivity index (χ3n) is 4.39. The molecule has 0 saturated heterocycles. The Morgan fingerprint density at radius 2 is 1.65 bits per heavy atom. The number of rotatable bonds is 5. The molecule has 0 heterocycles. The molecule has 5 nitrogen and oxygen atoms in total. The van der Waals surface area contributed by atoms with E-state index in [1.165, 1.54) is 0 Å². The van der Waals surface area contributed by atoms with E-state index in [1.54, 1.807) is 0 Å². The molecule has 1 aliphatic rings. The Morgan fingerprint density at radius 1 is 1.12 bits per heavy atom. The zero-order chi connectivity index (χ0) is 19.4. The third-order valence-corrected chi connectivity index (χ3v) is 5.53. The van der Waals surface area contributed by atoms with E-state index in [-0.39, 0.29) is 11.7 Å². The monoisotopic (exact) mass is 392 g/mol. The highest BCUT2D eigenvalue weighted by atomic mass is 32.2. The number of halogens is 3. The maximum atomic E-state index is 12.7.